The smallest absolute Gasteiger partial charge is 0.246 e. The second kappa shape index (κ2) is 7.65. The molecule has 0 aromatic carbocycles. The van der Waals surface area contributed by atoms with Gasteiger partial charge in [-0.2, -0.15) is 0 Å². The zero-order valence-electron chi connectivity index (χ0n) is 13.6. The van der Waals surface area contributed by atoms with Gasteiger partial charge in [0.2, 0.25) is 11.8 Å². The molecule has 1 aliphatic rings. The summed E-state index contributed by atoms with van der Waals surface area (Å²) < 4.78 is 0. The van der Waals surface area contributed by atoms with E-state index in [2.05, 4.69) is 19.2 Å². The third-order valence-electron chi connectivity index (χ3n) is 4.23. The summed E-state index contributed by atoms with van der Waals surface area (Å²) in [5.74, 6) is 0.188. The van der Waals surface area contributed by atoms with Gasteiger partial charge >= 0.3 is 0 Å². The first-order valence-electron chi connectivity index (χ1n) is 8.02. The van der Waals surface area contributed by atoms with Crippen LogP contribution in [-0.4, -0.2) is 34.8 Å². The summed E-state index contributed by atoms with van der Waals surface area (Å²) in [5.41, 5.74) is 0. The van der Waals surface area contributed by atoms with Crippen LogP contribution >= 0.6 is 0 Å². The van der Waals surface area contributed by atoms with Gasteiger partial charge in [0.25, 0.3) is 0 Å². The van der Waals surface area contributed by atoms with E-state index in [4.69, 9.17) is 0 Å². The van der Waals surface area contributed by atoms with Crippen LogP contribution in [0.1, 0.15) is 66.7 Å². The molecule has 1 aliphatic heterocycles. The molecule has 4 nitrogen and oxygen atoms in total. The maximum atomic E-state index is 12.6. The number of hydrogen-bond donors (Lipinski definition) is 1. The zero-order chi connectivity index (χ0) is 15.3. The first-order valence-corrected chi connectivity index (χ1v) is 8.02. The van der Waals surface area contributed by atoms with E-state index in [1.807, 2.05) is 20.8 Å². The highest BCUT2D eigenvalue weighted by atomic mass is 16.2. The first-order chi connectivity index (χ1) is 9.40. The van der Waals surface area contributed by atoms with Crippen molar-refractivity contribution in [2.75, 3.05) is 0 Å². The average Bonchev–Trinajstić information content (AvgIpc) is 2.39. The van der Waals surface area contributed by atoms with Crippen LogP contribution in [0.3, 0.4) is 0 Å². The molecule has 0 radical (unpaired) electrons. The van der Waals surface area contributed by atoms with Crippen LogP contribution in [0.4, 0.5) is 0 Å². The summed E-state index contributed by atoms with van der Waals surface area (Å²) in [4.78, 5) is 26.4. The number of rotatable bonds is 7. The molecule has 1 N–H and O–H groups in total. The van der Waals surface area contributed by atoms with E-state index in [0.29, 0.717) is 0 Å². The molecule has 0 spiro atoms. The van der Waals surface area contributed by atoms with Crippen LogP contribution in [-0.2, 0) is 9.59 Å². The maximum Gasteiger partial charge on any atom is 0.246 e. The van der Waals surface area contributed by atoms with Gasteiger partial charge in [0.1, 0.15) is 12.1 Å². The number of nitrogens with zero attached hydrogens (tertiary/aromatic N) is 1. The molecule has 116 valence electrons. The second-order valence-electron chi connectivity index (χ2n) is 6.35. The van der Waals surface area contributed by atoms with Crippen LogP contribution in [0.15, 0.2) is 0 Å². The Morgan fingerprint density at radius 1 is 1.15 bits per heavy atom. The lowest BCUT2D eigenvalue weighted by molar-refractivity contribution is -0.152. The van der Waals surface area contributed by atoms with Gasteiger partial charge in [0.15, 0.2) is 0 Å². The Hall–Kier alpha value is -1.06. The van der Waals surface area contributed by atoms with Crippen molar-refractivity contribution in [3.8, 4) is 0 Å². The lowest BCUT2D eigenvalue weighted by atomic mass is 9.95. The minimum atomic E-state index is -0.364. The SMILES string of the molecule is CCCCCCC(C)N1C(=O)C(C(C)C)NC(=O)C1C. The van der Waals surface area contributed by atoms with Crippen LogP contribution in [0, 0.1) is 5.92 Å². The van der Waals surface area contributed by atoms with E-state index < -0.39 is 0 Å². The summed E-state index contributed by atoms with van der Waals surface area (Å²) >= 11 is 0. The summed E-state index contributed by atoms with van der Waals surface area (Å²) in [6.45, 7) is 10.0. The zero-order valence-corrected chi connectivity index (χ0v) is 13.6. The third-order valence-corrected chi connectivity index (χ3v) is 4.23. The molecule has 0 aromatic rings. The minimum absolute atomic E-state index is 0.0243. The first kappa shape index (κ1) is 17.0. The Morgan fingerprint density at radius 2 is 1.80 bits per heavy atom. The van der Waals surface area contributed by atoms with E-state index in [1.54, 1.807) is 4.90 Å². The summed E-state index contributed by atoms with van der Waals surface area (Å²) in [5, 5.41) is 2.85. The average molecular weight is 282 g/mol. The molecular weight excluding hydrogens is 252 g/mol. The second-order valence-corrected chi connectivity index (χ2v) is 6.35. The highest BCUT2D eigenvalue weighted by Crippen LogP contribution is 2.21. The van der Waals surface area contributed by atoms with Crippen molar-refractivity contribution in [1.29, 1.82) is 0 Å². The quantitative estimate of drug-likeness (QED) is 0.730. The normalized spacial score (nSPS) is 25.0. The molecule has 4 heteroatoms. The topological polar surface area (TPSA) is 49.4 Å². The van der Waals surface area contributed by atoms with Crippen molar-refractivity contribution in [3.63, 3.8) is 0 Å². The van der Waals surface area contributed by atoms with Gasteiger partial charge in [-0.05, 0) is 26.2 Å². The van der Waals surface area contributed by atoms with Gasteiger partial charge in [0.05, 0.1) is 0 Å². The molecule has 0 saturated carbocycles. The predicted octanol–water partition coefficient (Wildman–Crippen LogP) is 2.72. The van der Waals surface area contributed by atoms with Crippen molar-refractivity contribution >= 4 is 11.8 Å². The monoisotopic (exact) mass is 282 g/mol. The van der Waals surface area contributed by atoms with Gasteiger partial charge in [0, 0.05) is 6.04 Å². The number of hydrogen-bond acceptors (Lipinski definition) is 2. The van der Waals surface area contributed by atoms with Crippen molar-refractivity contribution < 1.29 is 9.59 Å². The molecule has 1 fully saturated rings. The highest BCUT2D eigenvalue weighted by Gasteiger charge is 2.41. The fraction of sp³-hybridized carbons (Fsp3) is 0.875. The molecular formula is C16H30N2O2. The highest BCUT2D eigenvalue weighted by molar-refractivity contribution is 5.97. The van der Waals surface area contributed by atoms with E-state index in [0.717, 1.165) is 12.8 Å². The molecule has 3 unspecified atom stereocenters. The fourth-order valence-corrected chi connectivity index (χ4v) is 2.87. The van der Waals surface area contributed by atoms with Crippen LogP contribution < -0.4 is 5.32 Å². The molecule has 20 heavy (non-hydrogen) atoms. The van der Waals surface area contributed by atoms with E-state index in [-0.39, 0.29) is 35.9 Å². The standard InChI is InChI=1S/C16H30N2O2/c1-6-7-8-9-10-12(4)18-13(5)15(19)17-14(11(2)3)16(18)20/h11-14H,6-10H2,1-5H3,(H,17,19). The Kier molecular flexibility index (Phi) is 6.50. The number of amides is 2. The van der Waals surface area contributed by atoms with Crippen molar-refractivity contribution in [3.05, 3.63) is 0 Å². The summed E-state index contributed by atoms with van der Waals surface area (Å²) in [6.07, 6.45) is 5.77. The van der Waals surface area contributed by atoms with E-state index >= 15 is 0 Å². The Bertz CT molecular complexity index is 341. The van der Waals surface area contributed by atoms with Gasteiger partial charge in [-0.1, -0.05) is 46.5 Å². The largest absolute Gasteiger partial charge is 0.342 e. The molecule has 3 atom stereocenters. The molecule has 1 heterocycles. The van der Waals surface area contributed by atoms with Crippen LogP contribution in [0.5, 0.6) is 0 Å². The predicted molar refractivity (Wildman–Crippen MR) is 81.3 cm³/mol. The number of nitrogens with one attached hydrogen (secondary N) is 1. The number of carbonyl (C=O) groups is 2. The van der Waals surface area contributed by atoms with Gasteiger partial charge in [-0.3, -0.25) is 9.59 Å². The molecule has 0 bridgehead atoms. The molecule has 1 rings (SSSR count). The number of carbonyl (C=O) groups excluding carboxylic acids is 2. The van der Waals surface area contributed by atoms with Gasteiger partial charge in [-0.15, -0.1) is 0 Å². The van der Waals surface area contributed by atoms with Gasteiger partial charge < -0.3 is 10.2 Å². The van der Waals surface area contributed by atoms with Gasteiger partial charge in [-0.25, -0.2) is 0 Å². The Morgan fingerprint density at radius 3 is 2.35 bits per heavy atom. The minimum Gasteiger partial charge on any atom is -0.342 e. The van der Waals surface area contributed by atoms with Crippen molar-refractivity contribution in [1.82, 2.24) is 10.2 Å². The van der Waals surface area contributed by atoms with Crippen molar-refractivity contribution in [2.24, 2.45) is 5.92 Å². The van der Waals surface area contributed by atoms with Crippen molar-refractivity contribution in [2.45, 2.75) is 84.8 Å². The fourth-order valence-electron chi connectivity index (χ4n) is 2.87. The molecule has 1 saturated heterocycles. The molecule has 0 aliphatic carbocycles. The lowest BCUT2D eigenvalue weighted by Crippen LogP contribution is -2.65. The summed E-state index contributed by atoms with van der Waals surface area (Å²) in [7, 11) is 0. The van der Waals surface area contributed by atoms with Crippen LogP contribution in [0.25, 0.3) is 0 Å². The number of piperazine rings is 1. The lowest BCUT2D eigenvalue weighted by Gasteiger charge is -2.42. The Balaban J connectivity index is 2.68. The van der Waals surface area contributed by atoms with E-state index in [9.17, 15) is 9.59 Å². The third kappa shape index (κ3) is 3.97. The molecule has 2 amide bonds. The summed E-state index contributed by atoms with van der Waals surface area (Å²) in [6, 6.07) is -0.572. The van der Waals surface area contributed by atoms with E-state index in [1.165, 1.54) is 19.3 Å². The Labute approximate surface area is 123 Å². The van der Waals surface area contributed by atoms with Crippen LogP contribution in [0.2, 0.25) is 0 Å². The molecule has 0 aromatic heterocycles. The number of unbranched alkanes of at least 4 members (excludes halogenated alkanes) is 3. The maximum absolute atomic E-state index is 12.6.